The van der Waals surface area contributed by atoms with Gasteiger partial charge in [0, 0.05) is 23.5 Å². The van der Waals surface area contributed by atoms with Crippen LogP contribution >= 0.6 is 15.9 Å². The van der Waals surface area contributed by atoms with E-state index in [2.05, 4.69) is 26.3 Å². The fourth-order valence-electron chi connectivity index (χ4n) is 4.04. The second-order valence-electron chi connectivity index (χ2n) is 7.30. The largest absolute Gasteiger partial charge is 0.311 e. The lowest BCUT2D eigenvalue weighted by Gasteiger charge is -2.24. The molecule has 27 heavy (non-hydrogen) atoms. The maximum Gasteiger partial charge on any atom is 0.230 e. The third kappa shape index (κ3) is 3.78. The minimum absolute atomic E-state index is 0.0251. The van der Waals surface area contributed by atoms with Gasteiger partial charge in [-0.2, -0.15) is 5.10 Å². The number of anilines is 2. The van der Waals surface area contributed by atoms with E-state index >= 15 is 0 Å². The second kappa shape index (κ2) is 7.84. The van der Waals surface area contributed by atoms with Gasteiger partial charge in [-0.3, -0.25) is 9.59 Å². The van der Waals surface area contributed by atoms with Gasteiger partial charge >= 0.3 is 0 Å². The molecule has 0 bridgehead atoms. The Labute approximate surface area is 167 Å². The van der Waals surface area contributed by atoms with E-state index in [9.17, 15) is 9.59 Å². The maximum atomic E-state index is 12.8. The molecule has 142 valence electrons. The van der Waals surface area contributed by atoms with E-state index in [1.54, 1.807) is 11.1 Å². The van der Waals surface area contributed by atoms with Gasteiger partial charge in [-0.15, -0.1) is 0 Å². The predicted molar refractivity (Wildman–Crippen MR) is 108 cm³/mol. The topological polar surface area (TPSA) is 67.2 Å². The van der Waals surface area contributed by atoms with Gasteiger partial charge in [-0.25, -0.2) is 4.68 Å². The van der Waals surface area contributed by atoms with Crippen LogP contribution in [0.15, 0.2) is 41.0 Å². The van der Waals surface area contributed by atoms with Crippen molar-refractivity contribution in [2.45, 2.75) is 44.6 Å². The minimum Gasteiger partial charge on any atom is -0.311 e. The molecule has 2 aliphatic rings. The van der Waals surface area contributed by atoms with E-state index in [0.29, 0.717) is 12.6 Å². The molecular formula is C20H23BrN4O2. The highest BCUT2D eigenvalue weighted by molar-refractivity contribution is 9.10. The van der Waals surface area contributed by atoms with Crippen LogP contribution in [0.2, 0.25) is 0 Å². The number of amides is 2. The number of hydrogen-bond donors (Lipinski definition) is 1. The van der Waals surface area contributed by atoms with Crippen LogP contribution in [-0.4, -0.2) is 28.1 Å². The van der Waals surface area contributed by atoms with Crippen molar-refractivity contribution in [1.82, 2.24) is 9.78 Å². The lowest BCUT2D eigenvalue weighted by molar-refractivity contribution is -0.122. The molecule has 1 saturated heterocycles. The quantitative estimate of drug-likeness (QED) is 0.791. The number of benzene rings is 1. The summed E-state index contributed by atoms with van der Waals surface area (Å²) in [6.07, 6.45) is 7.84. The van der Waals surface area contributed by atoms with Crippen LogP contribution < -0.4 is 10.2 Å². The Morgan fingerprint density at radius 3 is 2.70 bits per heavy atom. The molecule has 4 rings (SSSR count). The van der Waals surface area contributed by atoms with E-state index in [-0.39, 0.29) is 24.2 Å². The van der Waals surface area contributed by atoms with E-state index in [1.807, 2.05) is 35.0 Å². The van der Waals surface area contributed by atoms with Gasteiger partial charge in [0.2, 0.25) is 11.8 Å². The minimum atomic E-state index is -0.362. The normalized spacial score (nSPS) is 20.9. The molecule has 7 heteroatoms. The Morgan fingerprint density at radius 1 is 1.15 bits per heavy atom. The highest BCUT2D eigenvalue weighted by Gasteiger charge is 2.36. The first kappa shape index (κ1) is 18.2. The van der Waals surface area contributed by atoms with Crippen molar-refractivity contribution >= 4 is 39.2 Å². The Morgan fingerprint density at radius 2 is 1.93 bits per heavy atom. The van der Waals surface area contributed by atoms with Crippen molar-refractivity contribution in [1.29, 1.82) is 0 Å². The van der Waals surface area contributed by atoms with Crippen molar-refractivity contribution < 1.29 is 9.59 Å². The number of carbonyl (C=O) groups is 2. The number of carbonyl (C=O) groups excluding carboxylic acids is 2. The number of para-hydroxylation sites is 1. The Hall–Kier alpha value is -2.15. The summed E-state index contributed by atoms with van der Waals surface area (Å²) < 4.78 is 2.80. The van der Waals surface area contributed by atoms with Crippen molar-refractivity contribution in [3.63, 3.8) is 0 Å². The van der Waals surface area contributed by atoms with E-state index in [0.717, 1.165) is 28.8 Å². The highest BCUT2D eigenvalue weighted by Crippen LogP contribution is 2.33. The Balaban J connectivity index is 1.45. The molecule has 0 radical (unpaired) electrons. The average Bonchev–Trinajstić information content (AvgIpc) is 3.29. The number of nitrogens with zero attached hydrogens (tertiary/aromatic N) is 3. The van der Waals surface area contributed by atoms with Gasteiger partial charge < -0.3 is 10.2 Å². The zero-order valence-electron chi connectivity index (χ0n) is 15.1. The summed E-state index contributed by atoms with van der Waals surface area (Å²) in [5.41, 5.74) is 0.810. The molecule has 2 fully saturated rings. The van der Waals surface area contributed by atoms with E-state index in [4.69, 9.17) is 0 Å². The zero-order valence-corrected chi connectivity index (χ0v) is 16.7. The van der Waals surface area contributed by atoms with Gasteiger partial charge in [-0.05, 0) is 40.9 Å². The molecular weight excluding hydrogens is 408 g/mol. The third-order valence-electron chi connectivity index (χ3n) is 5.48. The Bertz CT molecular complexity index is 844. The number of aromatic nitrogens is 2. The van der Waals surface area contributed by atoms with Gasteiger partial charge in [0.1, 0.15) is 5.82 Å². The molecule has 1 aliphatic carbocycles. The number of hydrogen-bond acceptors (Lipinski definition) is 3. The van der Waals surface area contributed by atoms with Crippen LogP contribution in [0.4, 0.5) is 11.5 Å². The number of nitrogens with one attached hydrogen (secondary N) is 1. The lowest BCUT2D eigenvalue weighted by atomic mass is 9.96. The smallest absolute Gasteiger partial charge is 0.230 e. The fourth-order valence-corrected chi connectivity index (χ4v) is 4.54. The van der Waals surface area contributed by atoms with Crippen LogP contribution in [0.25, 0.3) is 0 Å². The lowest BCUT2D eigenvalue weighted by Crippen LogP contribution is -2.29. The first-order chi connectivity index (χ1) is 13.1. The van der Waals surface area contributed by atoms with Gasteiger partial charge in [-0.1, -0.05) is 31.4 Å². The molecule has 1 aromatic heterocycles. The van der Waals surface area contributed by atoms with E-state index in [1.165, 1.54) is 19.3 Å². The molecule has 1 atom stereocenters. The molecule has 1 aliphatic heterocycles. The van der Waals surface area contributed by atoms with Crippen LogP contribution in [-0.2, 0) is 9.59 Å². The van der Waals surface area contributed by atoms with E-state index < -0.39 is 0 Å². The molecule has 2 aromatic rings. The maximum absolute atomic E-state index is 12.8. The van der Waals surface area contributed by atoms with Gasteiger partial charge in [0.05, 0.1) is 23.8 Å². The average molecular weight is 431 g/mol. The summed E-state index contributed by atoms with van der Waals surface area (Å²) in [5.74, 6) is 0.233. The summed E-state index contributed by atoms with van der Waals surface area (Å²) in [7, 11) is 0. The van der Waals surface area contributed by atoms with Crippen LogP contribution in [0.3, 0.4) is 0 Å². The second-order valence-corrected chi connectivity index (χ2v) is 8.15. The summed E-state index contributed by atoms with van der Waals surface area (Å²) in [6.45, 7) is 0.394. The van der Waals surface area contributed by atoms with Gasteiger partial charge in [0.15, 0.2) is 0 Å². The fraction of sp³-hybridized carbons (Fsp3) is 0.450. The molecule has 1 unspecified atom stereocenters. The first-order valence-corrected chi connectivity index (χ1v) is 10.3. The molecule has 6 nitrogen and oxygen atoms in total. The van der Waals surface area contributed by atoms with Crippen LogP contribution in [0.5, 0.6) is 0 Å². The molecule has 1 saturated carbocycles. The number of halogens is 1. The van der Waals surface area contributed by atoms with Gasteiger partial charge in [0.25, 0.3) is 0 Å². The molecule has 1 aromatic carbocycles. The summed E-state index contributed by atoms with van der Waals surface area (Å²) in [5, 5.41) is 7.43. The Kier molecular flexibility index (Phi) is 5.29. The van der Waals surface area contributed by atoms with Crippen molar-refractivity contribution in [3.8, 4) is 0 Å². The molecule has 1 N–H and O–H groups in total. The molecule has 2 amide bonds. The van der Waals surface area contributed by atoms with Crippen molar-refractivity contribution in [2.75, 3.05) is 16.8 Å². The number of rotatable bonds is 4. The predicted octanol–water partition coefficient (Wildman–Crippen LogP) is 4.14. The standard InChI is InChI=1S/C20H23BrN4O2/c21-16-8-4-5-9-17(16)24-13-14(12-19(24)26)20(27)23-18-10-11-22-25(18)15-6-2-1-3-7-15/h4-5,8-11,14-15H,1-3,6-7,12-13H2,(H,23,27). The highest BCUT2D eigenvalue weighted by atomic mass is 79.9. The zero-order chi connectivity index (χ0) is 18.8. The van der Waals surface area contributed by atoms with Crippen LogP contribution in [0.1, 0.15) is 44.6 Å². The summed E-state index contributed by atoms with van der Waals surface area (Å²) in [4.78, 5) is 27.0. The third-order valence-corrected chi connectivity index (χ3v) is 6.15. The molecule has 0 spiro atoms. The summed E-state index contributed by atoms with van der Waals surface area (Å²) in [6, 6.07) is 9.79. The SMILES string of the molecule is O=C(Nc1ccnn1C1CCCCC1)C1CC(=O)N(c2ccccc2Br)C1. The first-order valence-electron chi connectivity index (χ1n) is 9.53. The van der Waals surface area contributed by atoms with Crippen molar-refractivity contribution in [3.05, 3.63) is 41.0 Å². The summed E-state index contributed by atoms with van der Waals surface area (Å²) >= 11 is 3.49. The van der Waals surface area contributed by atoms with Crippen molar-refractivity contribution in [2.24, 2.45) is 5.92 Å². The van der Waals surface area contributed by atoms with Crippen LogP contribution in [0, 0.1) is 5.92 Å². The monoisotopic (exact) mass is 430 g/mol. The molecule has 2 heterocycles.